The van der Waals surface area contributed by atoms with Gasteiger partial charge < -0.3 is 5.32 Å². The molecular weight excluding hydrogens is 312 g/mol. The molecule has 0 aliphatic carbocycles. The van der Waals surface area contributed by atoms with Crippen molar-refractivity contribution in [2.45, 2.75) is 96.8 Å². The number of unbranched alkanes of at least 4 members (excludes halogenated alkanes) is 11. The summed E-state index contributed by atoms with van der Waals surface area (Å²) in [5, 5.41) is 6.13. The molecule has 0 aromatic carbocycles. The molecule has 0 atom stereocenters. The summed E-state index contributed by atoms with van der Waals surface area (Å²) in [5.74, 6) is 0.0609. The average molecular weight is 351 g/mol. The molecule has 0 aromatic heterocycles. The number of rotatable bonds is 18. The van der Waals surface area contributed by atoms with Crippen LogP contribution in [0.1, 0.15) is 96.8 Å². The second-order valence-corrected chi connectivity index (χ2v) is 6.64. The number of hydrogen-bond acceptors (Lipinski definition) is 2. The molecule has 5 nitrogen and oxygen atoms in total. The van der Waals surface area contributed by atoms with Crippen molar-refractivity contribution in [2.75, 3.05) is 13.1 Å². The molecule has 25 heavy (non-hydrogen) atoms. The minimum absolute atomic E-state index is 0.0609. The molecule has 0 aliphatic heterocycles. The van der Waals surface area contributed by atoms with Crippen LogP contribution in [0.2, 0.25) is 0 Å². The zero-order chi connectivity index (χ0) is 18.4. The third kappa shape index (κ3) is 20.5. The number of carbonyl (C=O) groups excluding carboxylic acids is 1. The van der Waals surface area contributed by atoms with Crippen molar-refractivity contribution >= 4 is 5.91 Å². The summed E-state index contributed by atoms with van der Waals surface area (Å²) in [4.78, 5) is 14.1. The fraction of sp³-hybridized carbons (Fsp3) is 0.850. The summed E-state index contributed by atoms with van der Waals surface area (Å²) in [6.07, 6.45) is 21.7. The van der Waals surface area contributed by atoms with Crippen molar-refractivity contribution in [2.24, 2.45) is 5.11 Å². The van der Waals surface area contributed by atoms with Crippen LogP contribution in [-0.4, -0.2) is 19.0 Å². The second kappa shape index (κ2) is 20.6. The predicted molar refractivity (Wildman–Crippen MR) is 106 cm³/mol. The Bertz CT molecular complexity index is 376. The normalized spacial score (nSPS) is 10.8. The zero-order valence-corrected chi connectivity index (χ0v) is 16.2. The number of nitrogens with zero attached hydrogens (tertiary/aromatic N) is 3. The van der Waals surface area contributed by atoms with E-state index in [0.29, 0.717) is 19.5 Å². The van der Waals surface area contributed by atoms with Crippen LogP contribution in [0.4, 0.5) is 0 Å². The van der Waals surface area contributed by atoms with E-state index >= 15 is 0 Å². The summed E-state index contributed by atoms with van der Waals surface area (Å²) in [7, 11) is 0. The van der Waals surface area contributed by atoms with Crippen molar-refractivity contribution in [1.29, 1.82) is 0 Å². The Morgan fingerprint density at radius 2 is 1.48 bits per heavy atom. The van der Waals surface area contributed by atoms with Gasteiger partial charge in [-0.3, -0.25) is 4.79 Å². The van der Waals surface area contributed by atoms with Gasteiger partial charge in [0, 0.05) is 24.4 Å². The molecule has 0 unspecified atom stereocenters. The average Bonchev–Trinajstić information content (AvgIpc) is 2.62. The van der Waals surface area contributed by atoms with Crippen molar-refractivity contribution < 1.29 is 4.79 Å². The van der Waals surface area contributed by atoms with Crippen LogP contribution >= 0.6 is 0 Å². The monoisotopic (exact) mass is 350 g/mol. The third-order valence-corrected chi connectivity index (χ3v) is 4.26. The maximum atomic E-state index is 11.5. The van der Waals surface area contributed by atoms with Crippen LogP contribution < -0.4 is 5.32 Å². The third-order valence-electron chi connectivity index (χ3n) is 4.26. The quantitative estimate of drug-likeness (QED) is 0.0995. The highest BCUT2D eigenvalue weighted by molar-refractivity contribution is 5.75. The topological polar surface area (TPSA) is 77.9 Å². The van der Waals surface area contributed by atoms with Crippen LogP contribution in [0.5, 0.6) is 0 Å². The van der Waals surface area contributed by atoms with E-state index in [-0.39, 0.29) is 5.91 Å². The fourth-order valence-electron chi connectivity index (χ4n) is 2.73. The SMILES string of the molecule is CCCCCCCCC=CCCCCCCCC(=O)NCCN=[N+]=[N-]. The van der Waals surface area contributed by atoms with Gasteiger partial charge in [0.15, 0.2) is 0 Å². The van der Waals surface area contributed by atoms with Gasteiger partial charge in [-0.05, 0) is 37.6 Å². The molecule has 0 radical (unpaired) electrons. The molecule has 0 bridgehead atoms. The molecule has 0 saturated carbocycles. The fourth-order valence-corrected chi connectivity index (χ4v) is 2.73. The first-order valence-corrected chi connectivity index (χ1v) is 10.2. The molecule has 144 valence electrons. The Kier molecular flexibility index (Phi) is 19.3. The molecule has 1 N–H and O–H groups in total. The first kappa shape index (κ1) is 23.5. The van der Waals surface area contributed by atoms with E-state index in [1.165, 1.54) is 70.6 Å². The molecule has 0 aromatic rings. The molecule has 5 heteroatoms. The van der Waals surface area contributed by atoms with E-state index in [2.05, 4.69) is 34.4 Å². The van der Waals surface area contributed by atoms with E-state index in [4.69, 9.17) is 5.53 Å². The van der Waals surface area contributed by atoms with E-state index in [1.54, 1.807) is 0 Å². The summed E-state index contributed by atoms with van der Waals surface area (Å²) >= 11 is 0. The lowest BCUT2D eigenvalue weighted by Gasteiger charge is -2.03. The summed E-state index contributed by atoms with van der Waals surface area (Å²) < 4.78 is 0. The van der Waals surface area contributed by atoms with E-state index < -0.39 is 0 Å². The molecule has 0 saturated heterocycles. The number of azide groups is 1. The van der Waals surface area contributed by atoms with Gasteiger partial charge in [-0.1, -0.05) is 75.6 Å². The summed E-state index contributed by atoms with van der Waals surface area (Å²) in [6, 6.07) is 0. The molecule has 0 aliphatic rings. The molecule has 0 rings (SSSR count). The van der Waals surface area contributed by atoms with Crippen molar-refractivity contribution in [3.05, 3.63) is 22.6 Å². The number of hydrogen-bond donors (Lipinski definition) is 1. The van der Waals surface area contributed by atoms with Gasteiger partial charge in [0.1, 0.15) is 0 Å². The van der Waals surface area contributed by atoms with Crippen LogP contribution in [0.3, 0.4) is 0 Å². The van der Waals surface area contributed by atoms with E-state index in [0.717, 1.165) is 12.8 Å². The zero-order valence-electron chi connectivity index (χ0n) is 16.2. The Morgan fingerprint density at radius 3 is 2.08 bits per heavy atom. The maximum Gasteiger partial charge on any atom is 0.219 e. The standard InChI is InChI=1S/C20H38N4O/c1-2-3-4-5-6-7-8-9-10-11-12-13-14-15-16-17-20(25)22-18-19-23-24-21/h9-10H,2-8,11-19H2,1H3,(H,22,25). The summed E-state index contributed by atoms with van der Waals surface area (Å²) in [6.45, 7) is 3.03. The Morgan fingerprint density at radius 1 is 0.920 bits per heavy atom. The van der Waals surface area contributed by atoms with E-state index in [9.17, 15) is 4.79 Å². The molecule has 0 heterocycles. The van der Waals surface area contributed by atoms with Crippen LogP contribution in [-0.2, 0) is 4.79 Å². The molecule has 0 spiro atoms. The van der Waals surface area contributed by atoms with Gasteiger partial charge in [-0.2, -0.15) is 0 Å². The molecule has 0 fully saturated rings. The molecule has 1 amide bonds. The number of allylic oxidation sites excluding steroid dienone is 2. The lowest BCUT2D eigenvalue weighted by molar-refractivity contribution is -0.121. The van der Waals surface area contributed by atoms with Crippen molar-refractivity contribution in [3.63, 3.8) is 0 Å². The van der Waals surface area contributed by atoms with Crippen LogP contribution in [0.25, 0.3) is 10.4 Å². The largest absolute Gasteiger partial charge is 0.356 e. The van der Waals surface area contributed by atoms with Gasteiger partial charge >= 0.3 is 0 Å². The predicted octanol–water partition coefficient (Wildman–Crippen LogP) is 6.45. The first-order chi connectivity index (χ1) is 12.3. The minimum Gasteiger partial charge on any atom is -0.356 e. The Balaban J connectivity index is 3.21. The van der Waals surface area contributed by atoms with Crippen LogP contribution in [0, 0.1) is 0 Å². The van der Waals surface area contributed by atoms with Crippen LogP contribution in [0.15, 0.2) is 17.3 Å². The Labute approximate surface area is 154 Å². The van der Waals surface area contributed by atoms with Gasteiger partial charge in [0.25, 0.3) is 0 Å². The van der Waals surface area contributed by atoms with E-state index in [1.807, 2.05) is 0 Å². The number of nitrogens with one attached hydrogen (secondary N) is 1. The van der Waals surface area contributed by atoms with Crippen molar-refractivity contribution in [1.82, 2.24) is 5.32 Å². The highest BCUT2D eigenvalue weighted by Crippen LogP contribution is 2.09. The van der Waals surface area contributed by atoms with Gasteiger partial charge in [-0.25, -0.2) is 0 Å². The molecular formula is C20H38N4O. The van der Waals surface area contributed by atoms with Crippen molar-refractivity contribution in [3.8, 4) is 0 Å². The first-order valence-electron chi connectivity index (χ1n) is 10.2. The maximum absolute atomic E-state index is 11.5. The second-order valence-electron chi connectivity index (χ2n) is 6.64. The highest BCUT2D eigenvalue weighted by Gasteiger charge is 1.99. The highest BCUT2D eigenvalue weighted by atomic mass is 16.1. The Hall–Kier alpha value is -1.48. The lowest BCUT2D eigenvalue weighted by atomic mass is 10.1. The smallest absolute Gasteiger partial charge is 0.219 e. The minimum atomic E-state index is 0.0609. The summed E-state index contributed by atoms with van der Waals surface area (Å²) in [5.41, 5.74) is 8.13. The number of carbonyl (C=O) groups is 1. The lowest BCUT2D eigenvalue weighted by Crippen LogP contribution is -2.25. The van der Waals surface area contributed by atoms with Gasteiger partial charge in [-0.15, -0.1) is 0 Å². The van der Waals surface area contributed by atoms with Gasteiger partial charge in [0.2, 0.25) is 5.91 Å². The number of amides is 1. The van der Waals surface area contributed by atoms with Gasteiger partial charge in [0.05, 0.1) is 0 Å².